The Hall–Kier alpha value is -0.820. The van der Waals surface area contributed by atoms with E-state index in [2.05, 4.69) is 24.3 Å². The Morgan fingerprint density at radius 1 is 1.17 bits per heavy atom. The van der Waals surface area contributed by atoms with Crippen molar-refractivity contribution in [2.24, 2.45) is 0 Å². The molecule has 1 saturated heterocycles. The summed E-state index contributed by atoms with van der Waals surface area (Å²) in [5, 5.41) is 0. The fourth-order valence-corrected chi connectivity index (χ4v) is 1.67. The van der Waals surface area contributed by atoms with Crippen LogP contribution in [0.25, 0.3) is 0 Å². The second-order valence-corrected chi connectivity index (χ2v) is 3.77. The lowest BCUT2D eigenvalue weighted by Crippen LogP contribution is -1.84. The van der Waals surface area contributed by atoms with Gasteiger partial charge in [0, 0.05) is 0 Å². The molecule has 0 unspecified atom stereocenters. The standard InChI is InChI=1S/C11H12O/c1-2-9(8-4-5-8)6-10(3-1)11-7-12-11/h1-3,6,8,11H,4-5,7H2/t11-/m1/s1. The molecule has 3 rings (SSSR count). The van der Waals surface area contributed by atoms with Crippen LogP contribution < -0.4 is 0 Å². The summed E-state index contributed by atoms with van der Waals surface area (Å²) in [6.45, 7) is 0.925. The minimum absolute atomic E-state index is 0.420. The summed E-state index contributed by atoms with van der Waals surface area (Å²) in [5.41, 5.74) is 2.89. The Labute approximate surface area is 72.4 Å². The quantitative estimate of drug-likeness (QED) is 0.606. The Balaban J connectivity index is 1.93. The third kappa shape index (κ3) is 1.14. The predicted molar refractivity (Wildman–Crippen MR) is 47.1 cm³/mol. The Morgan fingerprint density at radius 2 is 1.92 bits per heavy atom. The van der Waals surface area contributed by atoms with Crippen molar-refractivity contribution in [2.75, 3.05) is 6.61 Å². The van der Waals surface area contributed by atoms with Crippen molar-refractivity contribution < 1.29 is 4.74 Å². The molecule has 2 fully saturated rings. The number of epoxide rings is 1. The largest absolute Gasteiger partial charge is 0.368 e. The molecule has 0 N–H and O–H groups in total. The van der Waals surface area contributed by atoms with Crippen LogP contribution in [-0.4, -0.2) is 6.61 Å². The van der Waals surface area contributed by atoms with Gasteiger partial charge in [-0.2, -0.15) is 0 Å². The fourth-order valence-electron chi connectivity index (χ4n) is 1.67. The summed E-state index contributed by atoms with van der Waals surface area (Å²) in [5.74, 6) is 0.865. The number of rotatable bonds is 2. The Morgan fingerprint density at radius 3 is 2.58 bits per heavy atom. The maximum atomic E-state index is 5.25. The summed E-state index contributed by atoms with van der Waals surface area (Å²) in [7, 11) is 0. The van der Waals surface area contributed by atoms with Crippen LogP contribution in [0.1, 0.15) is 36.0 Å². The Kier molecular flexibility index (Phi) is 1.30. The van der Waals surface area contributed by atoms with Crippen LogP contribution >= 0.6 is 0 Å². The van der Waals surface area contributed by atoms with Gasteiger partial charge in [-0.05, 0) is 29.9 Å². The lowest BCUT2D eigenvalue weighted by atomic mass is 10.1. The second-order valence-electron chi connectivity index (χ2n) is 3.77. The molecule has 1 atom stereocenters. The SMILES string of the molecule is c1cc(C2CC2)cc([C@H]2CO2)c1. The molecule has 1 aromatic carbocycles. The molecular weight excluding hydrogens is 148 g/mol. The molecule has 0 spiro atoms. The summed E-state index contributed by atoms with van der Waals surface area (Å²) in [6, 6.07) is 8.88. The van der Waals surface area contributed by atoms with Gasteiger partial charge in [-0.3, -0.25) is 0 Å². The van der Waals surface area contributed by atoms with E-state index in [4.69, 9.17) is 4.74 Å². The van der Waals surface area contributed by atoms with Crippen molar-refractivity contribution in [1.29, 1.82) is 0 Å². The molecule has 1 nitrogen and oxygen atoms in total. The molecule has 1 saturated carbocycles. The Bertz CT molecular complexity index is 270. The number of ether oxygens (including phenoxy) is 1. The number of benzene rings is 1. The third-order valence-corrected chi connectivity index (χ3v) is 2.66. The highest BCUT2D eigenvalue weighted by atomic mass is 16.6. The van der Waals surface area contributed by atoms with Crippen LogP contribution in [0.5, 0.6) is 0 Å². The summed E-state index contributed by atoms with van der Waals surface area (Å²) in [6.07, 6.45) is 3.19. The lowest BCUT2D eigenvalue weighted by molar-refractivity contribution is 0.415. The molecule has 0 bridgehead atoms. The van der Waals surface area contributed by atoms with Gasteiger partial charge in [0.1, 0.15) is 6.10 Å². The first-order valence-corrected chi connectivity index (χ1v) is 4.65. The van der Waals surface area contributed by atoms with Crippen molar-refractivity contribution in [1.82, 2.24) is 0 Å². The zero-order valence-corrected chi connectivity index (χ0v) is 6.99. The van der Waals surface area contributed by atoms with Crippen molar-refractivity contribution in [3.05, 3.63) is 35.4 Å². The van der Waals surface area contributed by atoms with E-state index in [0.29, 0.717) is 6.10 Å². The van der Waals surface area contributed by atoms with Gasteiger partial charge in [-0.15, -0.1) is 0 Å². The third-order valence-electron chi connectivity index (χ3n) is 2.66. The van der Waals surface area contributed by atoms with Gasteiger partial charge in [0.2, 0.25) is 0 Å². The number of hydrogen-bond donors (Lipinski definition) is 0. The smallest absolute Gasteiger partial charge is 0.106 e. The van der Waals surface area contributed by atoms with Crippen LogP contribution in [0.15, 0.2) is 24.3 Å². The van der Waals surface area contributed by atoms with Crippen molar-refractivity contribution in [3.63, 3.8) is 0 Å². The molecule has 12 heavy (non-hydrogen) atoms. The normalized spacial score (nSPS) is 27.2. The van der Waals surface area contributed by atoms with E-state index in [1.807, 2.05) is 0 Å². The molecule has 0 aromatic heterocycles. The highest BCUT2D eigenvalue weighted by Gasteiger charge is 2.27. The monoisotopic (exact) mass is 160 g/mol. The zero-order chi connectivity index (χ0) is 7.97. The van der Waals surface area contributed by atoms with E-state index in [9.17, 15) is 0 Å². The highest BCUT2D eigenvalue weighted by molar-refractivity contribution is 5.31. The van der Waals surface area contributed by atoms with Crippen LogP contribution in [0, 0.1) is 0 Å². The van der Waals surface area contributed by atoms with Gasteiger partial charge in [0.05, 0.1) is 6.61 Å². The van der Waals surface area contributed by atoms with E-state index in [1.165, 1.54) is 24.0 Å². The summed E-state index contributed by atoms with van der Waals surface area (Å²) in [4.78, 5) is 0. The summed E-state index contributed by atoms with van der Waals surface area (Å²) < 4.78 is 5.25. The minimum atomic E-state index is 0.420. The van der Waals surface area contributed by atoms with E-state index in [-0.39, 0.29) is 0 Å². The molecular formula is C11H12O. The van der Waals surface area contributed by atoms with Gasteiger partial charge in [0.15, 0.2) is 0 Å². The fraction of sp³-hybridized carbons (Fsp3) is 0.455. The van der Waals surface area contributed by atoms with Gasteiger partial charge < -0.3 is 4.74 Å². The van der Waals surface area contributed by atoms with Gasteiger partial charge in [-0.1, -0.05) is 24.3 Å². The average Bonchev–Trinajstić information content (AvgIpc) is 2.98. The zero-order valence-electron chi connectivity index (χ0n) is 6.99. The molecule has 1 aromatic rings. The van der Waals surface area contributed by atoms with E-state index in [1.54, 1.807) is 0 Å². The topological polar surface area (TPSA) is 12.5 Å². The molecule has 1 aliphatic carbocycles. The van der Waals surface area contributed by atoms with E-state index < -0.39 is 0 Å². The number of hydrogen-bond acceptors (Lipinski definition) is 1. The van der Waals surface area contributed by atoms with Crippen LogP contribution in [0.3, 0.4) is 0 Å². The minimum Gasteiger partial charge on any atom is -0.368 e. The first-order chi connectivity index (χ1) is 5.93. The molecule has 0 radical (unpaired) electrons. The summed E-state index contributed by atoms with van der Waals surface area (Å²) >= 11 is 0. The van der Waals surface area contributed by atoms with Gasteiger partial charge in [-0.25, -0.2) is 0 Å². The lowest BCUT2D eigenvalue weighted by Gasteiger charge is -2.00. The van der Waals surface area contributed by atoms with Crippen molar-refractivity contribution >= 4 is 0 Å². The molecule has 0 amide bonds. The molecule has 1 aliphatic heterocycles. The van der Waals surface area contributed by atoms with Gasteiger partial charge in [0.25, 0.3) is 0 Å². The molecule has 62 valence electrons. The molecule has 2 aliphatic rings. The first kappa shape index (κ1) is 6.67. The van der Waals surface area contributed by atoms with E-state index >= 15 is 0 Å². The second kappa shape index (κ2) is 2.33. The van der Waals surface area contributed by atoms with Crippen LogP contribution in [0.4, 0.5) is 0 Å². The molecule has 1 heteroatoms. The maximum Gasteiger partial charge on any atom is 0.106 e. The van der Waals surface area contributed by atoms with Crippen LogP contribution in [-0.2, 0) is 4.74 Å². The highest BCUT2D eigenvalue weighted by Crippen LogP contribution is 2.41. The maximum absolute atomic E-state index is 5.25. The average molecular weight is 160 g/mol. The first-order valence-electron chi connectivity index (χ1n) is 4.65. The van der Waals surface area contributed by atoms with Crippen LogP contribution in [0.2, 0.25) is 0 Å². The molecule has 1 heterocycles. The van der Waals surface area contributed by atoms with Crippen molar-refractivity contribution in [2.45, 2.75) is 24.9 Å². The predicted octanol–water partition coefficient (Wildman–Crippen LogP) is 2.64. The van der Waals surface area contributed by atoms with Gasteiger partial charge >= 0.3 is 0 Å². The van der Waals surface area contributed by atoms with Crippen molar-refractivity contribution in [3.8, 4) is 0 Å². The van der Waals surface area contributed by atoms with E-state index in [0.717, 1.165) is 12.5 Å².